The van der Waals surface area contributed by atoms with Crippen LogP contribution in [0.5, 0.6) is 0 Å². The van der Waals surface area contributed by atoms with Crippen molar-refractivity contribution in [2.45, 2.75) is 25.4 Å². The van der Waals surface area contributed by atoms with E-state index in [1.165, 1.54) is 0 Å². The molecule has 8 heteroatoms. The summed E-state index contributed by atoms with van der Waals surface area (Å²) in [6.07, 6.45) is -2.68. The number of hydrogen-bond donors (Lipinski definition) is 0. The van der Waals surface area contributed by atoms with Crippen molar-refractivity contribution in [3.8, 4) is 0 Å². The molecular formula is C12H18F3N3O2. The number of alkyl halides is 3. The van der Waals surface area contributed by atoms with Crippen LogP contribution in [0.15, 0.2) is 12.5 Å². The molecule has 114 valence electrons. The molecule has 0 unspecified atom stereocenters. The highest BCUT2D eigenvalue weighted by atomic mass is 19.4. The highest BCUT2D eigenvalue weighted by Crippen LogP contribution is 2.26. The smallest absolute Gasteiger partial charge is 0.383 e. The summed E-state index contributed by atoms with van der Waals surface area (Å²) in [4.78, 5) is 5.77. The van der Waals surface area contributed by atoms with E-state index in [2.05, 4.69) is 4.98 Å². The molecule has 0 aliphatic carbocycles. The summed E-state index contributed by atoms with van der Waals surface area (Å²) < 4.78 is 49.6. The van der Waals surface area contributed by atoms with E-state index in [1.54, 1.807) is 24.5 Å². The Morgan fingerprint density at radius 2 is 2.30 bits per heavy atom. The predicted molar refractivity (Wildman–Crippen MR) is 65.2 cm³/mol. The second kappa shape index (κ2) is 6.55. The van der Waals surface area contributed by atoms with Gasteiger partial charge in [0.15, 0.2) is 6.10 Å². The van der Waals surface area contributed by atoms with Crippen molar-refractivity contribution in [1.29, 1.82) is 0 Å². The lowest BCUT2D eigenvalue weighted by atomic mass is 10.2. The molecule has 0 aromatic carbocycles. The molecule has 2 heterocycles. The molecule has 2 rings (SSSR count). The molecule has 1 aliphatic rings. The summed E-state index contributed by atoms with van der Waals surface area (Å²) in [5.74, 6) is 0. The summed E-state index contributed by atoms with van der Waals surface area (Å²) in [6, 6.07) is 0. The van der Waals surface area contributed by atoms with Crippen LogP contribution in [0.3, 0.4) is 0 Å². The van der Waals surface area contributed by atoms with Gasteiger partial charge in [-0.3, -0.25) is 4.90 Å². The van der Waals surface area contributed by atoms with Crippen LogP contribution in [0.4, 0.5) is 13.2 Å². The predicted octanol–water partition coefficient (Wildman–Crippen LogP) is 1.29. The first-order valence-corrected chi connectivity index (χ1v) is 6.39. The van der Waals surface area contributed by atoms with E-state index in [4.69, 9.17) is 9.47 Å². The number of aromatic nitrogens is 2. The van der Waals surface area contributed by atoms with Crippen molar-refractivity contribution in [2.24, 2.45) is 0 Å². The summed E-state index contributed by atoms with van der Waals surface area (Å²) in [5, 5.41) is 0. The summed E-state index contributed by atoms with van der Waals surface area (Å²) in [5.41, 5.74) is 0.880. The van der Waals surface area contributed by atoms with Gasteiger partial charge in [-0.05, 0) is 0 Å². The van der Waals surface area contributed by atoms with Gasteiger partial charge < -0.3 is 14.0 Å². The molecule has 1 aliphatic heterocycles. The van der Waals surface area contributed by atoms with Crippen molar-refractivity contribution in [3.63, 3.8) is 0 Å². The van der Waals surface area contributed by atoms with E-state index >= 15 is 0 Å². The number of nitrogens with zero attached hydrogens (tertiary/aromatic N) is 3. The second-order valence-corrected chi connectivity index (χ2v) is 4.71. The Morgan fingerprint density at radius 3 is 3.00 bits per heavy atom. The van der Waals surface area contributed by atoms with Crippen LogP contribution >= 0.6 is 0 Å². The third-order valence-corrected chi connectivity index (χ3v) is 3.24. The lowest BCUT2D eigenvalue weighted by Gasteiger charge is -2.33. The number of hydrogen-bond acceptors (Lipinski definition) is 4. The molecule has 1 aromatic heterocycles. The highest BCUT2D eigenvalue weighted by Gasteiger charge is 2.43. The topological polar surface area (TPSA) is 39.5 Å². The lowest BCUT2D eigenvalue weighted by molar-refractivity contribution is -0.237. The van der Waals surface area contributed by atoms with Gasteiger partial charge in [0.25, 0.3) is 0 Å². The average Bonchev–Trinajstić information content (AvgIpc) is 2.83. The van der Waals surface area contributed by atoms with Crippen molar-refractivity contribution in [1.82, 2.24) is 14.5 Å². The summed E-state index contributed by atoms with van der Waals surface area (Å²) in [6.45, 7) is 2.05. The Hall–Kier alpha value is -1.12. The fourth-order valence-electron chi connectivity index (χ4n) is 2.14. The van der Waals surface area contributed by atoms with Gasteiger partial charge in [-0.25, -0.2) is 4.98 Å². The Morgan fingerprint density at radius 1 is 1.50 bits per heavy atom. The first-order chi connectivity index (χ1) is 9.50. The number of rotatable bonds is 5. The largest absolute Gasteiger partial charge is 0.415 e. The maximum absolute atomic E-state index is 12.7. The molecule has 0 spiro atoms. The number of morpholine rings is 1. The SMILES string of the molecule is COCCn1cncc1CN1CCO[C@@H](C(F)(F)F)C1. The van der Waals surface area contributed by atoms with E-state index in [-0.39, 0.29) is 13.2 Å². The molecule has 1 atom stereocenters. The normalized spacial score (nSPS) is 21.3. The minimum absolute atomic E-state index is 0.0936. The van der Waals surface area contributed by atoms with Crippen LogP contribution in [0, 0.1) is 0 Å². The van der Waals surface area contributed by atoms with E-state index in [0.717, 1.165) is 5.69 Å². The Kier molecular flexibility index (Phi) is 5.00. The van der Waals surface area contributed by atoms with E-state index in [9.17, 15) is 13.2 Å². The Balaban J connectivity index is 1.94. The van der Waals surface area contributed by atoms with Gasteiger partial charge >= 0.3 is 6.18 Å². The minimum atomic E-state index is -4.31. The molecule has 20 heavy (non-hydrogen) atoms. The molecule has 0 amide bonds. The van der Waals surface area contributed by atoms with E-state index in [0.29, 0.717) is 26.2 Å². The van der Waals surface area contributed by atoms with Crippen molar-refractivity contribution in [3.05, 3.63) is 18.2 Å². The quantitative estimate of drug-likeness (QED) is 0.820. The lowest BCUT2D eigenvalue weighted by Crippen LogP contribution is -2.48. The number of methoxy groups -OCH3 is 1. The third kappa shape index (κ3) is 3.94. The molecule has 0 saturated carbocycles. The molecule has 0 radical (unpaired) electrons. The van der Waals surface area contributed by atoms with Crippen LogP contribution in [0.2, 0.25) is 0 Å². The van der Waals surface area contributed by atoms with E-state index < -0.39 is 12.3 Å². The summed E-state index contributed by atoms with van der Waals surface area (Å²) in [7, 11) is 1.60. The molecule has 0 N–H and O–H groups in total. The number of imidazole rings is 1. The van der Waals surface area contributed by atoms with Gasteiger partial charge in [0.2, 0.25) is 0 Å². The van der Waals surface area contributed by atoms with Crippen LogP contribution in [-0.2, 0) is 22.6 Å². The standard InChI is InChI=1S/C12H18F3N3O2/c1-19-4-3-18-9-16-6-10(18)7-17-2-5-20-11(8-17)12(13,14)15/h6,9,11H,2-5,7-8H2,1H3/t11-/m1/s1. The van der Waals surface area contributed by atoms with Crippen LogP contribution in [0.25, 0.3) is 0 Å². The highest BCUT2D eigenvalue weighted by molar-refractivity contribution is 4.99. The van der Waals surface area contributed by atoms with Gasteiger partial charge in [-0.15, -0.1) is 0 Å². The zero-order valence-corrected chi connectivity index (χ0v) is 11.3. The van der Waals surface area contributed by atoms with Gasteiger partial charge in [-0.2, -0.15) is 13.2 Å². The van der Waals surface area contributed by atoms with Gasteiger partial charge in [0.1, 0.15) is 0 Å². The molecule has 1 fully saturated rings. The third-order valence-electron chi connectivity index (χ3n) is 3.24. The van der Waals surface area contributed by atoms with Crippen molar-refractivity contribution < 1.29 is 22.6 Å². The van der Waals surface area contributed by atoms with E-state index in [1.807, 2.05) is 4.57 Å². The zero-order chi connectivity index (χ0) is 14.6. The number of ether oxygens (including phenoxy) is 2. The van der Waals surface area contributed by atoms with Gasteiger partial charge in [-0.1, -0.05) is 0 Å². The molecule has 0 bridgehead atoms. The molecule has 1 aromatic rings. The van der Waals surface area contributed by atoms with Gasteiger partial charge in [0.05, 0.1) is 25.2 Å². The fourth-order valence-corrected chi connectivity index (χ4v) is 2.14. The Labute approximate surface area is 115 Å². The van der Waals surface area contributed by atoms with Crippen LogP contribution < -0.4 is 0 Å². The first-order valence-electron chi connectivity index (χ1n) is 6.39. The first kappa shape index (κ1) is 15.3. The molecule has 1 saturated heterocycles. The monoisotopic (exact) mass is 293 g/mol. The van der Waals surface area contributed by atoms with Crippen molar-refractivity contribution in [2.75, 3.05) is 33.4 Å². The molecule has 5 nitrogen and oxygen atoms in total. The van der Waals surface area contributed by atoms with Crippen molar-refractivity contribution >= 4 is 0 Å². The van der Waals surface area contributed by atoms with Crippen LogP contribution in [0.1, 0.15) is 5.69 Å². The maximum atomic E-state index is 12.7. The molecular weight excluding hydrogens is 275 g/mol. The number of halogens is 3. The van der Waals surface area contributed by atoms with Crippen LogP contribution in [-0.4, -0.2) is 60.1 Å². The summed E-state index contributed by atoms with van der Waals surface area (Å²) >= 11 is 0. The maximum Gasteiger partial charge on any atom is 0.415 e. The Bertz CT molecular complexity index is 422. The second-order valence-electron chi connectivity index (χ2n) is 4.71. The minimum Gasteiger partial charge on any atom is -0.383 e. The fraction of sp³-hybridized carbons (Fsp3) is 0.750. The average molecular weight is 293 g/mol. The zero-order valence-electron chi connectivity index (χ0n) is 11.3. The van der Waals surface area contributed by atoms with Gasteiger partial charge in [0, 0.05) is 39.5 Å².